The van der Waals surface area contributed by atoms with Gasteiger partial charge in [-0.3, -0.25) is 9.89 Å². The van der Waals surface area contributed by atoms with E-state index in [-0.39, 0.29) is 11.6 Å². The molecule has 3 N–H and O–H groups in total. The number of hydrogen-bond donors (Lipinski definition) is 3. The molecular formula is C22H19N5O3. The largest absolute Gasteiger partial charge is 0.477 e. The number of anilines is 2. The molecule has 1 amide bonds. The number of hydrogen-bond acceptors (Lipinski definition) is 5. The van der Waals surface area contributed by atoms with Crippen LogP contribution in [-0.2, 0) is 6.54 Å². The van der Waals surface area contributed by atoms with Crippen LogP contribution in [0.5, 0.6) is 0 Å². The molecule has 4 aromatic rings. The Balaban J connectivity index is 1.55. The van der Waals surface area contributed by atoms with E-state index in [1.165, 1.54) is 12.3 Å². The first-order valence-electron chi connectivity index (χ1n) is 9.25. The molecule has 2 aromatic heterocycles. The Labute approximate surface area is 172 Å². The summed E-state index contributed by atoms with van der Waals surface area (Å²) in [6.45, 7) is 0.358. The first-order chi connectivity index (χ1) is 14.5. The van der Waals surface area contributed by atoms with Gasteiger partial charge in [0.2, 0.25) is 0 Å². The summed E-state index contributed by atoms with van der Waals surface area (Å²) in [5.74, 6) is -1.25. The minimum absolute atomic E-state index is 0.0207. The van der Waals surface area contributed by atoms with E-state index in [9.17, 15) is 9.59 Å². The normalized spacial score (nSPS) is 10.7. The van der Waals surface area contributed by atoms with Crippen molar-refractivity contribution in [2.45, 2.75) is 6.54 Å². The van der Waals surface area contributed by atoms with Crippen molar-refractivity contribution in [1.29, 1.82) is 0 Å². The molecule has 0 unspecified atom stereocenters. The molecule has 0 saturated carbocycles. The summed E-state index contributed by atoms with van der Waals surface area (Å²) in [7, 11) is 1.72. The summed E-state index contributed by atoms with van der Waals surface area (Å²) in [5, 5.41) is 20.2. The zero-order valence-electron chi connectivity index (χ0n) is 16.2. The molecule has 0 radical (unpaired) electrons. The smallest absolute Gasteiger partial charge is 0.354 e. The average Bonchev–Trinajstić information content (AvgIpc) is 3.25. The van der Waals surface area contributed by atoms with E-state index >= 15 is 0 Å². The fraction of sp³-hybridized carbons (Fsp3) is 0.0909. The number of carboxylic acid groups (broad SMARTS) is 1. The first kappa shape index (κ1) is 19.1. The lowest BCUT2D eigenvalue weighted by Crippen LogP contribution is -2.27. The molecule has 8 heteroatoms. The second-order valence-electron chi connectivity index (χ2n) is 6.76. The first-order valence-corrected chi connectivity index (χ1v) is 9.25. The Kier molecular flexibility index (Phi) is 5.13. The number of nitrogens with zero attached hydrogens (tertiary/aromatic N) is 3. The van der Waals surface area contributed by atoms with Crippen LogP contribution >= 0.6 is 0 Å². The van der Waals surface area contributed by atoms with Crippen molar-refractivity contribution in [3.05, 3.63) is 83.8 Å². The lowest BCUT2D eigenvalue weighted by molar-refractivity contribution is 0.0690. The zero-order valence-corrected chi connectivity index (χ0v) is 16.2. The van der Waals surface area contributed by atoms with Gasteiger partial charge in [-0.05, 0) is 48.0 Å². The van der Waals surface area contributed by atoms with E-state index in [4.69, 9.17) is 5.11 Å². The highest BCUT2D eigenvalue weighted by Gasteiger charge is 2.17. The molecular weight excluding hydrogens is 382 g/mol. The van der Waals surface area contributed by atoms with E-state index in [0.717, 1.165) is 22.2 Å². The van der Waals surface area contributed by atoms with E-state index in [1.807, 2.05) is 30.3 Å². The summed E-state index contributed by atoms with van der Waals surface area (Å²) >= 11 is 0. The van der Waals surface area contributed by atoms with Gasteiger partial charge in [0.25, 0.3) is 5.91 Å². The predicted octanol–water partition coefficient (Wildman–Crippen LogP) is 3.54. The van der Waals surface area contributed by atoms with Crippen molar-refractivity contribution >= 4 is 34.2 Å². The Morgan fingerprint density at radius 1 is 1.13 bits per heavy atom. The number of aromatic amines is 1. The zero-order chi connectivity index (χ0) is 21.1. The minimum atomic E-state index is -1.08. The lowest BCUT2D eigenvalue weighted by Gasteiger charge is -2.20. The van der Waals surface area contributed by atoms with Crippen molar-refractivity contribution in [1.82, 2.24) is 15.2 Å². The maximum absolute atomic E-state index is 13.2. The molecule has 0 aliphatic heterocycles. The topological polar surface area (TPSA) is 111 Å². The molecule has 0 spiro atoms. The molecule has 0 saturated heterocycles. The van der Waals surface area contributed by atoms with Crippen LogP contribution in [0.3, 0.4) is 0 Å². The number of amides is 1. The fourth-order valence-corrected chi connectivity index (χ4v) is 3.15. The molecule has 2 heterocycles. The second kappa shape index (κ2) is 8.04. The van der Waals surface area contributed by atoms with Crippen LogP contribution in [0.2, 0.25) is 0 Å². The third kappa shape index (κ3) is 3.83. The number of aromatic nitrogens is 3. The van der Waals surface area contributed by atoms with Crippen LogP contribution in [0.1, 0.15) is 26.4 Å². The van der Waals surface area contributed by atoms with Gasteiger partial charge in [-0.2, -0.15) is 5.10 Å². The molecule has 0 atom stereocenters. The highest BCUT2D eigenvalue weighted by atomic mass is 16.4. The quantitative estimate of drug-likeness (QED) is 0.456. The molecule has 0 fully saturated rings. The molecule has 8 nitrogen and oxygen atoms in total. The van der Waals surface area contributed by atoms with E-state index in [0.29, 0.717) is 17.8 Å². The SMILES string of the molecule is CN(C(=O)c1ccccc1NCc1ccnc(C(=O)O)c1)c1ccc2cn[nH]c2c1. The number of benzene rings is 2. The average molecular weight is 401 g/mol. The van der Waals surface area contributed by atoms with Crippen LogP contribution < -0.4 is 10.2 Å². The highest BCUT2D eigenvalue weighted by Crippen LogP contribution is 2.24. The Hall–Kier alpha value is -4.20. The van der Waals surface area contributed by atoms with Gasteiger partial charge in [0, 0.05) is 36.6 Å². The van der Waals surface area contributed by atoms with Crippen LogP contribution in [-0.4, -0.2) is 39.2 Å². The summed E-state index contributed by atoms with van der Waals surface area (Å²) in [6, 6.07) is 16.1. The molecule has 0 bridgehead atoms. The number of fused-ring (bicyclic) bond motifs is 1. The van der Waals surface area contributed by atoms with Gasteiger partial charge in [0.1, 0.15) is 5.69 Å². The molecule has 0 aliphatic carbocycles. The summed E-state index contributed by atoms with van der Waals surface area (Å²) < 4.78 is 0. The van der Waals surface area contributed by atoms with Crippen LogP contribution in [0.25, 0.3) is 10.9 Å². The number of H-pyrrole nitrogens is 1. The van der Waals surface area contributed by atoms with Gasteiger partial charge < -0.3 is 15.3 Å². The number of aromatic carboxylic acids is 1. The van der Waals surface area contributed by atoms with Crippen LogP contribution in [0, 0.1) is 0 Å². The van der Waals surface area contributed by atoms with Gasteiger partial charge >= 0.3 is 5.97 Å². The van der Waals surface area contributed by atoms with Gasteiger partial charge in [0.15, 0.2) is 0 Å². The maximum Gasteiger partial charge on any atom is 0.354 e. The van der Waals surface area contributed by atoms with Crippen molar-refractivity contribution < 1.29 is 14.7 Å². The maximum atomic E-state index is 13.2. The summed E-state index contributed by atoms with van der Waals surface area (Å²) in [5.41, 5.74) is 3.50. The van der Waals surface area contributed by atoms with E-state index < -0.39 is 5.97 Å². The summed E-state index contributed by atoms with van der Waals surface area (Å²) in [6.07, 6.45) is 3.19. The van der Waals surface area contributed by atoms with Crippen molar-refractivity contribution in [2.24, 2.45) is 0 Å². The number of nitrogens with one attached hydrogen (secondary N) is 2. The number of rotatable bonds is 6. The second-order valence-corrected chi connectivity index (χ2v) is 6.76. The monoisotopic (exact) mass is 401 g/mol. The van der Waals surface area contributed by atoms with E-state index in [1.54, 1.807) is 36.3 Å². The number of carbonyl (C=O) groups excluding carboxylic acids is 1. The van der Waals surface area contributed by atoms with Crippen molar-refractivity contribution in [2.75, 3.05) is 17.3 Å². The predicted molar refractivity (Wildman–Crippen MR) is 114 cm³/mol. The fourth-order valence-electron chi connectivity index (χ4n) is 3.15. The minimum Gasteiger partial charge on any atom is -0.477 e. The van der Waals surface area contributed by atoms with Gasteiger partial charge in [-0.1, -0.05) is 12.1 Å². The molecule has 2 aromatic carbocycles. The highest BCUT2D eigenvalue weighted by molar-refractivity contribution is 6.09. The Bertz CT molecular complexity index is 1230. The number of carboxylic acids is 1. The van der Waals surface area contributed by atoms with Gasteiger partial charge in [-0.15, -0.1) is 0 Å². The molecule has 150 valence electrons. The standard InChI is InChI=1S/C22H19N5O3/c1-27(16-7-6-15-13-25-26-19(15)11-16)21(28)17-4-2-3-5-18(17)24-12-14-8-9-23-20(10-14)22(29)30/h2-11,13,24H,12H2,1H3,(H,25,26)(H,29,30). The Morgan fingerprint density at radius 3 is 2.80 bits per heavy atom. The molecule has 30 heavy (non-hydrogen) atoms. The molecule has 0 aliphatic rings. The number of para-hydroxylation sites is 1. The van der Waals surface area contributed by atoms with Crippen LogP contribution in [0.15, 0.2) is 67.0 Å². The van der Waals surface area contributed by atoms with Gasteiger partial charge in [0.05, 0.1) is 17.3 Å². The third-order valence-corrected chi connectivity index (χ3v) is 4.80. The van der Waals surface area contributed by atoms with Crippen LogP contribution in [0.4, 0.5) is 11.4 Å². The number of carbonyl (C=O) groups is 2. The third-order valence-electron chi connectivity index (χ3n) is 4.80. The Morgan fingerprint density at radius 2 is 1.97 bits per heavy atom. The summed E-state index contributed by atoms with van der Waals surface area (Å²) in [4.78, 5) is 29.7. The molecule has 4 rings (SSSR count). The number of pyridine rings is 1. The van der Waals surface area contributed by atoms with Crippen molar-refractivity contribution in [3.63, 3.8) is 0 Å². The van der Waals surface area contributed by atoms with Crippen molar-refractivity contribution in [3.8, 4) is 0 Å². The van der Waals surface area contributed by atoms with E-state index in [2.05, 4.69) is 20.5 Å². The van der Waals surface area contributed by atoms with Gasteiger partial charge in [-0.25, -0.2) is 9.78 Å². The lowest BCUT2D eigenvalue weighted by atomic mass is 10.1.